The summed E-state index contributed by atoms with van der Waals surface area (Å²) in [6, 6.07) is 0. The lowest BCUT2D eigenvalue weighted by molar-refractivity contribution is 0.232. The Bertz CT molecular complexity index is 347. The van der Waals surface area contributed by atoms with E-state index in [-0.39, 0.29) is 0 Å². The van der Waals surface area contributed by atoms with E-state index in [1.54, 1.807) is 0 Å². The van der Waals surface area contributed by atoms with Crippen LogP contribution in [0.3, 0.4) is 0 Å². The lowest BCUT2D eigenvalue weighted by atomic mass is 9.82. The van der Waals surface area contributed by atoms with Gasteiger partial charge in [0.1, 0.15) is 0 Å². The number of rotatable bonds is 6. The van der Waals surface area contributed by atoms with Crippen molar-refractivity contribution in [3.63, 3.8) is 0 Å². The molecule has 0 saturated heterocycles. The van der Waals surface area contributed by atoms with Crippen LogP contribution in [-0.2, 0) is 13.1 Å². The smallest absolute Gasteiger partial charge is 0.0950 e. The zero-order valence-electron chi connectivity index (χ0n) is 12.8. The van der Waals surface area contributed by atoms with Crippen LogP contribution in [-0.4, -0.2) is 16.1 Å². The molecule has 0 aliphatic heterocycles. The SMILES string of the molecule is CC(C)CNCc1cn(CC(C)C(C)(C)C)cn1. The van der Waals surface area contributed by atoms with Gasteiger partial charge in [-0.25, -0.2) is 4.98 Å². The first-order valence-corrected chi connectivity index (χ1v) is 7.00. The average Bonchev–Trinajstić information content (AvgIpc) is 2.63. The molecule has 3 nitrogen and oxygen atoms in total. The number of nitrogens with one attached hydrogen (secondary N) is 1. The molecule has 0 saturated carbocycles. The number of nitrogens with zero attached hydrogens (tertiary/aromatic N) is 2. The zero-order chi connectivity index (χ0) is 13.8. The average molecular weight is 251 g/mol. The van der Waals surface area contributed by atoms with E-state index in [1.807, 2.05) is 6.33 Å². The first-order valence-electron chi connectivity index (χ1n) is 7.00. The van der Waals surface area contributed by atoms with Crippen molar-refractivity contribution >= 4 is 0 Å². The van der Waals surface area contributed by atoms with Gasteiger partial charge in [0.2, 0.25) is 0 Å². The molecule has 0 amide bonds. The van der Waals surface area contributed by atoms with E-state index in [2.05, 4.69) is 62.6 Å². The van der Waals surface area contributed by atoms with Crippen LogP contribution in [0.4, 0.5) is 0 Å². The van der Waals surface area contributed by atoms with Gasteiger partial charge in [0, 0.05) is 19.3 Å². The number of aromatic nitrogens is 2. The quantitative estimate of drug-likeness (QED) is 0.840. The molecule has 0 aliphatic carbocycles. The summed E-state index contributed by atoms with van der Waals surface area (Å²) in [7, 11) is 0. The minimum absolute atomic E-state index is 0.348. The molecule has 0 aliphatic rings. The van der Waals surface area contributed by atoms with Crippen LogP contribution in [0, 0.1) is 17.3 Å². The van der Waals surface area contributed by atoms with Gasteiger partial charge in [-0.1, -0.05) is 41.5 Å². The van der Waals surface area contributed by atoms with E-state index in [9.17, 15) is 0 Å². The normalized spacial score (nSPS) is 14.2. The van der Waals surface area contributed by atoms with Crippen molar-refractivity contribution < 1.29 is 0 Å². The van der Waals surface area contributed by atoms with Crippen LogP contribution in [0.15, 0.2) is 12.5 Å². The van der Waals surface area contributed by atoms with Crippen molar-refractivity contribution in [3.05, 3.63) is 18.2 Å². The van der Waals surface area contributed by atoms with Crippen molar-refractivity contribution in [2.24, 2.45) is 17.3 Å². The molecule has 0 fully saturated rings. The largest absolute Gasteiger partial charge is 0.337 e. The summed E-state index contributed by atoms with van der Waals surface area (Å²) in [5, 5.41) is 3.42. The molecule has 1 aromatic heterocycles. The van der Waals surface area contributed by atoms with Crippen LogP contribution in [0.1, 0.15) is 47.2 Å². The predicted molar refractivity (Wildman–Crippen MR) is 77.4 cm³/mol. The first-order chi connectivity index (χ1) is 8.29. The molecule has 0 bridgehead atoms. The maximum Gasteiger partial charge on any atom is 0.0950 e. The Kier molecular flexibility index (Phi) is 5.39. The first kappa shape index (κ1) is 15.2. The highest BCUT2D eigenvalue weighted by Crippen LogP contribution is 2.26. The summed E-state index contributed by atoms with van der Waals surface area (Å²) in [6.07, 6.45) is 4.12. The van der Waals surface area contributed by atoms with Crippen molar-refractivity contribution in [3.8, 4) is 0 Å². The van der Waals surface area contributed by atoms with Crippen LogP contribution in [0.25, 0.3) is 0 Å². The molecule has 1 atom stereocenters. The maximum atomic E-state index is 4.45. The summed E-state index contributed by atoms with van der Waals surface area (Å²) in [6.45, 7) is 16.6. The fourth-order valence-electron chi connectivity index (χ4n) is 1.68. The molecule has 0 aromatic carbocycles. The van der Waals surface area contributed by atoms with Crippen LogP contribution >= 0.6 is 0 Å². The molecule has 3 heteroatoms. The molecule has 0 radical (unpaired) electrons. The molecule has 1 N–H and O–H groups in total. The minimum atomic E-state index is 0.348. The number of hydrogen-bond donors (Lipinski definition) is 1. The summed E-state index contributed by atoms with van der Waals surface area (Å²) < 4.78 is 2.21. The van der Waals surface area contributed by atoms with E-state index in [1.165, 1.54) is 0 Å². The molecule has 1 unspecified atom stereocenters. The second-order valence-corrected chi connectivity index (χ2v) is 6.85. The van der Waals surface area contributed by atoms with Gasteiger partial charge >= 0.3 is 0 Å². The molecule has 104 valence electrons. The Balaban J connectivity index is 2.43. The monoisotopic (exact) mass is 251 g/mol. The van der Waals surface area contributed by atoms with E-state index in [4.69, 9.17) is 0 Å². The van der Waals surface area contributed by atoms with Crippen molar-refractivity contribution in [1.29, 1.82) is 0 Å². The number of imidazole rings is 1. The molecule has 0 spiro atoms. The highest BCUT2D eigenvalue weighted by Gasteiger charge is 2.20. The minimum Gasteiger partial charge on any atom is -0.337 e. The summed E-state index contributed by atoms with van der Waals surface area (Å²) >= 11 is 0. The third-order valence-corrected chi connectivity index (χ3v) is 3.51. The summed E-state index contributed by atoms with van der Waals surface area (Å²) in [5.41, 5.74) is 1.48. The van der Waals surface area contributed by atoms with Gasteiger partial charge in [-0.15, -0.1) is 0 Å². The van der Waals surface area contributed by atoms with Gasteiger partial charge in [0.15, 0.2) is 0 Å². The third kappa shape index (κ3) is 5.21. The molecular weight excluding hydrogens is 222 g/mol. The topological polar surface area (TPSA) is 29.9 Å². The van der Waals surface area contributed by atoms with E-state index in [0.717, 1.165) is 25.3 Å². The Morgan fingerprint density at radius 3 is 2.50 bits per heavy atom. The molecule has 18 heavy (non-hydrogen) atoms. The summed E-state index contributed by atoms with van der Waals surface area (Å²) in [5.74, 6) is 1.33. The van der Waals surface area contributed by atoms with Crippen LogP contribution in [0.5, 0.6) is 0 Å². The van der Waals surface area contributed by atoms with Gasteiger partial charge in [-0.3, -0.25) is 0 Å². The molecule has 1 aromatic rings. The highest BCUT2D eigenvalue weighted by atomic mass is 15.0. The predicted octanol–water partition coefficient (Wildman–Crippen LogP) is 3.31. The van der Waals surface area contributed by atoms with Crippen molar-refractivity contribution in [1.82, 2.24) is 14.9 Å². The second kappa shape index (κ2) is 6.37. The van der Waals surface area contributed by atoms with Crippen molar-refractivity contribution in [2.75, 3.05) is 6.54 Å². The standard InChI is InChI=1S/C15H29N3/c1-12(2)7-16-8-14-10-18(11-17-14)9-13(3)15(4,5)6/h10-13,16H,7-9H2,1-6H3. The lowest BCUT2D eigenvalue weighted by Gasteiger charge is -2.27. The van der Waals surface area contributed by atoms with Gasteiger partial charge in [0.25, 0.3) is 0 Å². The van der Waals surface area contributed by atoms with Gasteiger partial charge < -0.3 is 9.88 Å². The fourth-order valence-corrected chi connectivity index (χ4v) is 1.68. The molecule has 1 heterocycles. The third-order valence-electron chi connectivity index (χ3n) is 3.51. The second-order valence-electron chi connectivity index (χ2n) is 6.85. The van der Waals surface area contributed by atoms with Crippen LogP contribution in [0.2, 0.25) is 0 Å². The Hall–Kier alpha value is -0.830. The van der Waals surface area contributed by atoms with E-state index >= 15 is 0 Å². The van der Waals surface area contributed by atoms with Crippen LogP contribution < -0.4 is 5.32 Å². The molecular formula is C15H29N3. The Morgan fingerprint density at radius 2 is 1.94 bits per heavy atom. The summed E-state index contributed by atoms with van der Waals surface area (Å²) in [4.78, 5) is 4.45. The number of hydrogen-bond acceptors (Lipinski definition) is 2. The Labute approximate surface area is 112 Å². The maximum absolute atomic E-state index is 4.45. The van der Waals surface area contributed by atoms with E-state index in [0.29, 0.717) is 17.3 Å². The van der Waals surface area contributed by atoms with E-state index < -0.39 is 0 Å². The van der Waals surface area contributed by atoms with Crippen molar-refractivity contribution in [2.45, 2.75) is 54.6 Å². The zero-order valence-corrected chi connectivity index (χ0v) is 12.8. The fraction of sp³-hybridized carbons (Fsp3) is 0.800. The van der Waals surface area contributed by atoms with Gasteiger partial charge in [-0.05, 0) is 23.8 Å². The van der Waals surface area contributed by atoms with Gasteiger partial charge in [-0.2, -0.15) is 0 Å². The molecule has 1 rings (SSSR count). The highest BCUT2D eigenvalue weighted by molar-refractivity contribution is 4.96. The lowest BCUT2D eigenvalue weighted by Crippen LogP contribution is -2.22. The Morgan fingerprint density at radius 1 is 1.28 bits per heavy atom. The van der Waals surface area contributed by atoms with Gasteiger partial charge in [0.05, 0.1) is 12.0 Å².